The van der Waals surface area contributed by atoms with Crippen LogP contribution in [0.4, 0.5) is 11.4 Å². The first-order valence-corrected chi connectivity index (χ1v) is 7.50. The summed E-state index contributed by atoms with van der Waals surface area (Å²) in [7, 11) is 0. The maximum Gasteiger partial charge on any atom is 0.309 e. The molecule has 0 fully saturated rings. The normalized spacial score (nSPS) is 11.0. The Morgan fingerprint density at radius 1 is 1.17 bits per heavy atom. The summed E-state index contributed by atoms with van der Waals surface area (Å²) in [5.41, 5.74) is 3.94. The van der Waals surface area contributed by atoms with E-state index < -0.39 is 5.97 Å². The molecule has 0 radical (unpaired) electrons. The zero-order chi connectivity index (χ0) is 16.5. The smallest absolute Gasteiger partial charge is 0.309 e. The van der Waals surface area contributed by atoms with Gasteiger partial charge in [-0.3, -0.25) is 14.9 Å². The Bertz CT molecular complexity index is 1060. The largest absolute Gasteiger partial charge is 0.481 e. The van der Waals surface area contributed by atoms with E-state index >= 15 is 0 Å². The number of nitrogens with one attached hydrogen (secondary N) is 2. The second-order valence-corrected chi connectivity index (χ2v) is 5.55. The Kier molecular flexibility index (Phi) is 3.35. The minimum atomic E-state index is -0.900. The summed E-state index contributed by atoms with van der Waals surface area (Å²) in [5, 5.41) is 21.3. The van der Waals surface area contributed by atoms with E-state index in [1.54, 1.807) is 12.3 Å². The highest BCUT2D eigenvalue weighted by atomic mass is 16.4. The van der Waals surface area contributed by atoms with Crippen LogP contribution in [-0.2, 0) is 11.2 Å². The Morgan fingerprint density at radius 3 is 2.92 bits per heavy atom. The number of aromatic amines is 1. The Balaban J connectivity index is 1.79. The van der Waals surface area contributed by atoms with Crippen LogP contribution in [0.15, 0.2) is 54.7 Å². The van der Waals surface area contributed by atoms with Gasteiger partial charge in [0.25, 0.3) is 0 Å². The summed E-state index contributed by atoms with van der Waals surface area (Å²) in [6, 6.07) is 15.4. The van der Waals surface area contributed by atoms with E-state index in [1.165, 1.54) is 0 Å². The third kappa shape index (κ3) is 2.65. The van der Waals surface area contributed by atoms with Crippen LogP contribution in [0.1, 0.15) is 5.69 Å². The summed E-state index contributed by atoms with van der Waals surface area (Å²) in [6.07, 6.45) is 1.66. The quantitative estimate of drug-likeness (QED) is 0.536. The average Bonchev–Trinajstić information content (AvgIpc) is 3.02. The molecule has 24 heavy (non-hydrogen) atoms. The number of pyridine rings is 1. The van der Waals surface area contributed by atoms with Gasteiger partial charge in [-0.25, -0.2) is 0 Å². The van der Waals surface area contributed by atoms with Crippen molar-refractivity contribution in [1.29, 1.82) is 0 Å². The third-order valence-electron chi connectivity index (χ3n) is 3.82. The lowest BCUT2D eigenvalue weighted by atomic mass is 10.1. The van der Waals surface area contributed by atoms with Crippen molar-refractivity contribution in [1.82, 2.24) is 15.2 Å². The molecular weight excluding hydrogens is 304 g/mol. The van der Waals surface area contributed by atoms with Crippen molar-refractivity contribution in [3.05, 3.63) is 60.4 Å². The van der Waals surface area contributed by atoms with Gasteiger partial charge in [0.1, 0.15) is 0 Å². The molecule has 0 unspecified atom stereocenters. The van der Waals surface area contributed by atoms with Crippen LogP contribution < -0.4 is 5.32 Å². The van der Waals surface area contributed by atoms with Crippen molar-refractivity contribution in [2.75, 3.05) is 5.32 Å². The van der Waals surface area contributed by atoms with Crippen LogP contribution in [0.25, 0.3) is 21.8 Å². The number of nitrogens with zero attached hydrogens (tertiary/aromatic N) is 2. The molecule has 4 rings (SSSR count). The molecule has 0 saturated heterocycles. The number of carboxylic acid groups (broad SMARTS) is 1. The van der Waals surface area contributed by atoms with Gasteiger partial charge in [0.15, 0.2) is 0 Å². The Morgan fingerprint density at radius 2 is 2.04 bits per heavy atom. The molecule has 0 aliphatic heterocycles. The van der Waals surface area contributed by atoms with Gasteiger partial charge >= 0.3 is 5.97 Å². The number of H-pyrrole nitrogens is 1. The summed E-state index contributed by atoms with van der Waals surface area (Å²) >= 11 is 0. The molecule has 2 heterocycles. The van der Waals surface area contributed by atoms with E-state index in [1.807, 2.05) is 42.5 Å². The molecule has 2 aromatic carbocycles. The van der Waals surface area contributed by atoms with Crippen molar-refractivity contribution >= 4 is 39.1 Å². The first kappa shape index (κ1) is 14.2. The van der Waals surface area contributed by atoms with E-state index in [-0.39, 0.29) is 6.42 Å². The van der Waals surface area contributed by atoms with Gasteiger partial charge in [0, 0.05) is 22.1 Å². The number of hydrogen-bond donors (Lipinski definition) is 3. The average molecular weight is 318 g/mol. The molecule has 0 spiro atoms. The van der Waals surface area contributed by atoms with Gasteiger partial charge in [-0.1, -0.05) is 18.2 Å². The van der Waals surface area contributed by atoms with Gasteiger partial charge in [0.2, 0.25) is 0 Å². The van der Waals surface area contributed by atoms with Crippen LogP contribution in [0.5, 0.6) is 0 Å². The third-order valence-corrected chi connectivity index (χ3v) is 3.82. The van der Waals surface area contributed by atoms with Crippen LogP contribution in [-0.4, -0.2) is 26.3 Å². The highest BCUT2D eigenvalue weighted by Gasteiger charge is 2.09. The lowest BCUT2D eigenvalue weighted by Crippen LogP contribution is -2.04. The minimum absolute atomic E-state index is 0.112. The van der Waals surface area contributed by atoms with Crippen molar-refractivity contribution in [2.45, 2.75) is 6.42 Å². The predicted octanol–water partition coefficient (Wildman–Crippen LogP) is 3.48. The number of para-hydroxylation sites is 1. The molecule has 0 atom stereocenters. The number of aliphatic carboxylic acids is 1. The van der Waals surface area contributed by atoms with E-state index in [0.717, 1.165) is 33.2 Å². The van der Waals surface area contributed by atoms with Gasteiger partial charge in [-0.05, 0) is 30.3 Å². The Labute approximate surface area is 137 Å². The van der Waals surface area contributed by atoms with Crippen LogP contribution in [0, 0.1) is 0 Å². The van der Waals surface area contributed by atoms with E-state index in [4.69, 9.17) is 5.11 Å². The monoisotopic (exact) mass is 318 g/mol. The molecule has 4 aromatic rings. The van der Waals surface area contributed by atoms with Gasteiger partial charge in [-0.15, -0.1) is 0 Å². The highest BCUT2D eigenvalue weighted by Crippen LogP contribution is 2.28. The molecule has 0 aliphatic rings. The molecule has 0 bridgehead atoms. The summed E-state index contributed by atoms with van der Waals surface area (Å²) in [4.78, 5) is 15.4. The highest BCUT2D eigenvalue weighted by molar-refractivity contribution is 5.94. The van der Waals surface area contributed by atoms with Crippen LogP contribution in [0.3, 0.4) is 0 Å². The molecule has 118 valence electrons. The predicted molar refractivity (Wildman–Crippen MR) is 92.5 cm³/mol. The molecule has 0 aliphatic carbocycles. The van der Waals surface area contributed by atoms with Crippen molar-refractivity contribution in [3.63, 3.8) is 0 Å². The fourth-order valence-corrected chi connectivity index (χ4v) is 2.75. The van der Waals surface area contributed by atoms with Crippen LogP contribution in [0.2, 0.25) is 0 Å². The standard InChI is InChI=1S/C18H14N4O2/c23-18(24)9-13-8-17(14-3-1-2-4-15(14)21-13)20-12-6-5-11-10-19-22-16(11)7-12/h1-8,10H,9H2,(H,19,22)(H,20,21)(H,23,24). The van der Waals surface area contributed by atoms with Crippen molar-refractivity contribution in [2.24, 2.45) is 0 Å². The number of hydrogen-bond acceptors (Lipinski definition) is 4. The fourth-order valence-electron chi connectivity index (χ4n) is 2.75. The molecule has 0 saturated carbocycles. The van der Waals surface area contributed by atoms with E-state index in [0.29, 0.717) is 5.69 Å². The summed E-state index contributed by atoms with van der Waals surface area (Å²) in [6.45, 7) is 0. The molecular formula is C18H14N4O2. The maximum atomic E-state index is 11.0. The Hall–Kier alpha value is -3.41. The number of fused-ring (bicyclic) bond motifs is 2. The lowest BCUT2D eigenvalue weighted by molar-refractivity contribution is -0.136. The summed E-state index contributed by atoms with van der Waals surface area (Å²) < 4.78 is 0. The van der Waals surface area contributed by atoms with Gasteiger partial charge < -0.3 is 10.4 Å². The number of carboxylic acids is 1. The van der Waals surface area contributed by atoms with Crippen molar-refractivity contribution in [3.8, 4) is 0 Å². The maximum absolute atomic E-state index is 11.0. The molecule has 6 heteroatoms. The SMILES string of the molecule is O=C(O)Cc1cc(Nc2ccc3cn[nH]c3c2)c2ccccc2n1. The topological polar surface area (TPSA) is 90.9 Å². The van der Waals surface area contributed by atoms with Crippen LogP contribution >= 0.6 is 0 Å². The first-order valence-electron chi connectivity index (χ1n) is 7.50. The van der Waals surface area contributed by atoms with Gasteiger partial charge in [-0.2, -0.15) is 5.10 Å². The first-order chi connectivity index (χ1) is 11.7. The zero-order valence-corrected chi connectivity index (χ0v) is 12.7. The molecule has 6 nitrogen and oxygen atoms in total. The number of benzene rings is 2. The molecule has 3 N–H and O–H groups in total. The van der Waals surface area contributed by atoms with Gasteiger partial charge in [0.05, 0.1) is 29.3 Å². The number of anilines is 2. The second-order valence-electron chi connectivity index (χ2n) is 5.55. The van der Waals surface area contributed by atoms with Crippen molar-refractivity contribution < 1.29 is 9.90 Å². The van der Waals surface area contributed by atoms with E-state index in [9.17, 15) is 4.79 Å². The second kappa shape index (κ2) is 5.66. The number of aromatic nitrogens is 3. The zero-order valence-electron chi connectivity index (χ0n) is 12.7. The number of rotatable bonds is 4. The molecule has 2 aromatic heterocycles. The fraction of sp³-hybridized carbons (Fsp3) is 0.0556. The molecule has 0 amide bonds. The number of carbonyl (C=O) groups is 1. The van der Waals surface area contributed by atoms with E-state index in [2.05, 4.69) is 20.5 Å². The summed E-state index contributed by atoms with van der Waals surface area (Å²) in [5.74, 6) is -0.900. The lowest BCUT2D eigenvalue weighted by Gasteiger charge is -2.11. The minimum Gasteiger partial charge on any atom is -0.481 e.